The average Bonchev–Trinajstić information content (AvgIpc) is 2.96. The van der Waals surface area contributed by atoms with Crippen LogP contribution < -0.4 is 10.1 Å². The molecule has 0 radical (unpaired) electrons. The molecule has 1 aromatic heterocycles. The van der Waals surface area contributed by atoms with Crippen molar-refractivity contribution in [3.8, 4) is 11.5 Å². The standard InChI is InChI=1S/C21H21IN4O4/c1-13-6-14(2)8-18(7-13)30-19-10-16(9-17(11-19)26(28)29)23-21(27)4-5-25-12-20(22)15(3)24-25/h6-12H,4-5H2,1-3H3,(H,23,27). The monoisotopic (exact) mass is 520 g/mol. The molecule has 0 aliphatic rings. The molecule has 1 amide bonds. The third kappa shape index (κ3) is 5.78. The van der Waals surface area contributed by atoms with Gasteiger partial charge in [-0.3, -0.25) is 19.6 Å². The number of nitrogens with zero attached hydrogens (tertiary/aromatic N) is 3. The van der Waals surface area contributed by atoms with Crippen molar-refractivity contribution in [1.82, 2.24) is 9.78 Å². The first-order valence-electron chi connectivity index (χ1n) is 9.24. The van der Waals surface area contributed by atoms with E-state index >= 15 is 0 Å². The third-order valence-electron chi connectivity index (χ3n) is 4.27. The van der Waals surface area contributed by atoms with E-state index in [1.165, 1.54) is 12.1 Å². The van der Waals surface area contributed by atoms with Crippen LogP contribution in [0, 0.1) is 34.5 Å². The Morgan fingerprint density at radius 2 is 1.80 bits per heavy atom. The Labute approximate surface area is 187 Å². The van der Waals surface area contributed by atoms with Gasteiger partial charge in [0.15, 0.2) is 0 Å². The van der Waals surface area contributed by atoms with Crippen LogP contribution in [0.1, 0.15) is 23.2 Å². The fraction of sp³-hybridized carbons (Fsp3) is 0.238. The Kier molecular flexibility index (Phi) is 6.70. The lowest BCUT2D eigenvalue weighted by Crippen LogP contribution is -2.15. The van der Waals surface area contributed by atoms with E-state index in [4.69, 9.17) is 4.74 Å². The number of amides is 1. The average molecular weight is 520 g/mol. The lowest BCUT2D eigenvalue weighted by atomic mass is 10.1. The van der Waals surface area contributed by atoms with Crippen LogP contribution in [0.15, 0.2) is 42.6 Å². The zero-order valence-corrected chi connectivity index (χ0v) is 19.0. The molecule has 3 rings (SSSR count). The van der Waals surface area contributed by atoms with Gasteiger partial charge in [-0.2, -0.15) is 5.10 Å². The molecule has 1 N–H and O–H groups in total. The summed E-state index contributed by atoms with van der Waals surface area (Å²) >= 11 is 2.19. The topological polar surface area (TPSA) is 99.3 Å². The molecular weight excluding hydrogens is 499 g/mol. The van der Waals surface area contributed by atoms with Gasteiger partial charge in [0.05, 0.1) is 25.9 Å². The van der Waals surface area contributed by atoms with E-state index in [9.17, 15) is 14.9 Å². The molecule has 0 aliphatic heterocycles. The molecule has 30 heavy (non-hydrogen) atoms. The van der Waals surface area contributed by atoms with Crippen LogP contribution in [0.25, 0.3) is 0 Å². The molecule has 0 unspecified atom stereocenters. The number of carbonyl (C=O) groups excluding carboxylic acids is 1. The predicted molar refractivity (Wildman–Crippen MR) is 122 cm³/mol. The van der Waals surface area contributed by atoms with Crippen molar-refractivity contribution in [2.24, 2.45) is 0 Å². The van der Waals surface area contributed by atoms with Crippen LogP contribution in [0.2, 0.25) is 0 Å². The summed E-state index contributed by atoms with van der Waals surface area (Å²) in [5, 5.41) is 18.4. The normalized spacial score (nSPS) is 10.7. The maximum absolute atomic E-state index is 12.4. The molecule has 0 spiro atoms. The number of nitro benzene ring substituents is 1. The van der Waals surface area contributed by atoms with Gasteiger partial charge in [-0.05, 0) is 66.6 Å². The Morgan fingerprint density at radius 1 is 1.13 bits per heavy atom. The SMILES string of the molecule is Cc1cc(C)cc(Oc2cc(NC(=O)CCn3cc(I)c(C)n3)cc([N+](=O)[O-])c2)c1. The molecule has 156 valence electrons. The molecular formula is C21H21IN4O4. The maximum atomic E-state index is 12.4. The fourth-order valence-electron chi connectivity index (χ4n) is 3.00. The number of aromatic nitrogens is 2. The van der Waals surface area contributed by atoms with E-state index in [0.29, 0.717) is 18.0 Å². The molecule has 0 saturated heterocycles. The van der Waals surface area contributed by atoms with Crippen LogP contribution in [0.5, 0.6) is 11.5 Å². The second kappa shape index (κ2) is 9.24. The maximum Gasteiger partial charge on any atom is 0.275 e. The highest BCUT2D eigenvalue weighted by atomic mass is 127. The second-order valence-electron chi connectivity index (χ2n) is 7.02. The van der Waals surface area contributed by atoms with Gasteiger partial charge in [0.25, 0.3) is 5.69 Å². The van der Waals surface area contributed by atoms with Gasteiger partial charge in [-0.15, -0.1) is 0 Å². The number of hydrogen-bond donors (Lipinski definition) is 1. The number of nitrogens with one attached hydrogen (secondary N) is 1. The smallest absolute Gasteiger partial charge is 0.275 e. The Balaban J connectivity index is 1.74. The molecule has 1 heterocycles. The largest absolute Gasteiger partial charge is 0.457 e. The number of benzene rings is 2. The summed E-state index contributed by atoms with van der Waals surface area (Å²) in [6, 6.07) is 9.92. The number of nitro groups is 1. The molecule has 0 atom stereocenters. The number of hydrogen-bond acceptors (Lipinski definition) is 5. The first-order chi connectivity index (χ1) is 14.2. The highest BCUT2D eigenvalue weighted by Crippen LogP contribution is 2.30. The van der Waals surface area contributed by atoms with Gasteiger partial charge >= 0.3 is 0 Å². The number of aryl methyl sites for hydroxylation is 4. The summed E-state index contributed by atoms with van der Waals surface area (Å²) in [5.74, 6) is 0.590. The van der Waals surface area contributed by atoms with Crippen LogP contribution in [0.4, 0.5) is 11.4 Å². The summed E-state index contributed by atoms with van der Waals surface area (Å²) < 4.78 is 8.56. The van der Waals surface area contributed by atoms with Crippen molar-refractivity contribution in [3.05, 3.63) is 73.1 Å². The Hall–Kier alpha value is -2.95. The second-order valence-corrected chi connectivity index (χ2v) is 8.18. The molecule has 2 aromatic carbocycles. The number of halogens is 1. The van der Waals surface area contributed by atoms with E-state index in [0.717, 1.165) is 20.4 Å². The van der Waals surface area contributed by atoms with E-state index < -0.39 is 4.92 Å². The highest BCUT2D eigenvalue weighted by Gasteiger charge is 2.14. The van der Waals surface area contributed by atoms with E-state index in [-0.39, 0.29) is 23.8 Å². The Morgan fingerprint density at radius 3 is 2.40 bits per heavy atom. The lowest BCUT2D eigenvalue weighted by Gasteiger charge is -2.11. The van der Waals surface area contributed by atoms with E-state index in [2.05, 4.69) is 33.0 Å². The zero-order valence-electron chi connectivity index (χ0n) is 16.8. The first kappa shape index (κ1) is 21.8. The molecule has 0 aliphatic carbocycles. The summed E-state index contributed by atoms with van der Waals surface area (Å²) in [7, 11) is 0. The van der Waals surface area contributed by atoms with Gasteiger partial charge in [0, 0.05) is 31.3 Å². The summed E-state index contributed by atoms with van der Waals surface area (Å²) in [4.78, 5) is 23.2. The van der Waals surface area contributed by atoms with Crippen LogP contribution in [-0.2, 0) is 11.3 Å². The fourth-order valence-corrected chi connectivity index (χ4v) is 3.42. The van der Waals surface area contributed by atoms with E-state index in [1.54, 1.807) is 10.7 Å². The molecule has 9 heteroatoms. The van der Waals surface area contributed by atoms with Gasteiger partial charge in [0.2, 0.25) is 5.91 Å². The van der Waals surface area contributed by atoms with Crippen LogP contribution >= 0.6 is 22.6 Å². The summed E-state index contributed by atoms with van der Waals surface area (Å²) in [6.07, 6.45) is 2.06. The van der Waals surface area contributed by atoms with Crippen molar-refractivity contribution in [1.29, 1.82) is 0 Å². The quantitative estimate of drug-likeness (QED) is 0.264. The van der Waals surface area contributed by atoms with Crippen molar-refractivity contribution < 1.29 is 14.5 Å². The van der Waals surface area contributed by atoms with Crippen molar-refractivity contribution in [2.45, 2.75) is 33.7 Å². The predicted octanol–water partition coefficient (Wildman–Crippen LogP) is 5.14. The number of rotatable bonds is 7. The minimum atomic E-state index is -0.515. The Bertz CT molecular complexity index is 1070. The highest BCUT2D eigenvalue weighted by molar-refractivity contribution is 14.1. The lowest BCUT2D eigenvalue weighted by molar-refractivity contribution is -0.384. The minimum Gasteiger partial charge on any atom is -0.457 e. The van der Waals surface area contributed by atoms with Gasteiger partial charge in [-0.25, -0.2) is 0 Å². The number of anilines is 1. The number of carbonyl (C=O) groups is 1. The summed E-state index contributed by atoms with van der Waals surface area (Å²) in [5.41, 5.74) is 3.09. The zero-order chi connectivity index (χ0) is 21.8. The summed E-state index contributed by atoms with van der Waals surface area (Å²) in [6.45, 7) is 6.21. The molecule has 0 bridgehead atoms. The molecule has 8 nitrogen and oxygen atoms in total. The van der Waals surface area contributed by atoms with Gasteiger partial charge < -0.3 is 10.1 Å². The first-order valence-corrected chi connectivity index (χ1v) is 10.3. The molecule has 0 fully saturated rings. The van der Waals surface area contributed by atoms with Crippen molar-refractivity contribution >= 4 is 39.9 Å². The van der Waals surface area contributed by atoms with Gasteiger partial charge in [0.1, 0.15) is 11.5 Å². The van der Waals surface area contributed by atoms with E-state index in [1.807, 2.05) is 45.2 Å². The van der Waals surface area contributed by atoms with Crippen LogP contribution in [0.3, 0.4) is 0 Å². The number of ether oxygens (including phenoxy) is 1. The number of non-ortho nitro benzene ring substituents is 1. The molecule has 0 saturated carbocycles. The minimum absolute atomic E-state index is 0.163. The van der Waals surface area contributed by atoms with Crippen molar-refractivity contribution in [2.75, 3.05) is 5.32 Å². The third-order valence-corrected chi connectivity index (χ3v) is 5.33. The molecule has 3 aromatic rings. The van der Waals surface area contributed by atoms with Crippen molar-refractivity contribution in [3.63, 3.8) is 0 Å². The van der Waals surface area contributed by atoms with Gasteiger partial charge in [-0.1, -0.05) is 6.07 Å². The van der Waals surface area contributed by atoms with Crippen LogP contribution in [-0.4, -0.2) is 20.6 Å².